The Morgan fingerprint density at radius 2 is 1.71 bits per heavy atom. The smallest absolute Gasteiger partial charge is 1.00 e. The van der Waals surface area contributed by atoms with Crippen LogP contribution in [0.5, 0.6) is 0 Å². The first-order valence-corrected chi connectivity index (χ1v) is 4.81. The van der Waals surface area contributed by atoms with Crippen molar-refractivity contribution in [3.63, 3.8) is 0 Å². The van der Waals surface area contributed by atoms with E-state index in [1.165, 1.54) is 6.92 Å². The van der Waals surface area contributed by atoms with Gasteiger partial charge in [-0.25, -0.2) is 0 Å². The van der Waals surface area contributed by atoms with Crippen molar-refractivity contribution >= 4 is 13.0 Å². The first-order chi connectivity index (χ1) is 2.56. The molecule has 0 N–H and O–H groups in total. The van der Waals surface area contributed by atoms with Crippen molar-refractivity contribution < 1.29 is 63.2 Å². The van der Waals surface area contributed by atoms with Crippen molar-refractivity contribution in [1.82, 2.24) is 0 Å². The predicted molar refractivity (Wildman–Crippen MR) is 17.6 cm³/mol. The van der Waals surface area contributed by atoms with Gasteiger partial charge in [-0.3, -0.25) is 0 Å². The Morgan fingerprint density at radius 3 is 1.71 bits per heavy atom. The SMILES string of the molecule is CC[Se](=O)(=O)[O-].[K+]. The molecule has 0 fully saturated rings. The fraction of sp³-hybridized carbons (Fsp3) is 1.00. The second-order valence-electron chi connectivity index (χ2n) is 0.846. The number of rotatable bonds is 1. The Bertz CT molecular complexity index is 115. The van der Waals surface area contributed by atoms with Gasteiger partial charge in [0.15, 0.2) is 0 Å². The van der Waals surface area contributed by atoms with Crippen molar-refractivity contribution in [2.24, 2.45) is 0 Å². The molecule has 0 aromatic rings. The summed E-state index contributed by atoms with van der Waals surface area (Å²) < 4.78 is 28.6. The molecule has 0 amide bonds. The molecule has 0 heterocycles. The molecule has 7 heavy (non-hydrogen) atoms. The van der Waals surface area contributed by atoms with E-state index in [1.807, 2.05) is 0 Å². The normalized spacial score (nSPS) is 10.0. The summed E-state index contributed by atoms with van der Waals surface area (Å²) in [6, 6.07) is 0. The van der Waals surface area contributed by atoms with Crippen molar-refractivity contribution in [2.75, 3.05) is 0 Å². The molecule has 0 atom stereocenters. The summed E-state index contributed by atoms with van der Waals surface area (Å²) in [4.78, 5) is 0. The van der Waals surface area contributed by atoms with Crippen LogP contribution in [-0.4, -0.2) is 13.0 Å². The third-order valence-electron chi connectivity index (χ3n) is 0.354. The maximum absolute atomic E-state index is 9.52. The molecular formula is C2H5KO3Se. The van der Waals surface area contributed by atoms with E-state index in [-0.39, 0.29) is 56.7 Å². The molecule has 3 nitrogen and oxygen atoms in total. The van der Waals surface area contributed by atoms with Gasteiger partial charge in [0.25, 0.3) is 0 Å². The zero-order chi connectivity index (χ0) is 5.21. The van der Waals surface area contributed by atoms with Gasteiger partial charge in [0, 0.05) is 0 Å². The summed E-state index contributed by atoms with van der Waals surface area (Å²) in [5.41, 5.74) is 0. The third-order valence-corrected chi connectivity index (χ3v) is 1.84. The molecule has 0 aromatic carbocycles. The summed E-state index contributed by atoms with van der Waals surface area (Å²) in [6.45, 7) is 1.34. The minimum absolute atomic E-state index is 0. The van der Waals surface area contributed by atoms with Crippen LogP contribution in [0.1, 0.15) is 6.92 Å². The van der Waals surface area contributed by atoms with Crippen LogP contribution in [0.4, 0.5) is 0 Å². The van der Waals surface area contributed by atoms with Gasteiger partial charge in [-0.1, -0.05) is 0 Å². The second-order valence-corrected chi connectivity index (χ2v) is 4.40. The molecule has 5 heteroatoms. The van der Waals surface area contributed by atoms with Crippen LogP contribution in [0.2, 0.25) is 5.32 Å². The first-order valence-electron chi connectivity index (χ1n) is 1.50. The van der Waals surface area contributed by atoms with Gasteiger partial charge in [0.2, 0.25) is 0 Å². The minimum Gasteiger partial charge on any atom is 1.00 e. The minimum atomic E-state index is -4.53. The Labute approximate surface area is 86.9 Å². The third kappa shape index (κ3) is 11.3. The molecule has 0 saturated carbocycles. The van der Waals surface area contributed by atoms with E-state index >= 15 is 0 Å². The average molecular weight is 195 g/mol. The van der Waals surface area contributed by atoms with E-state index in [0.29, 0.717) is 0 Å². The van der Waals surface area contributed by atoms with Crippen LogP contribution in [0.25, 0.3) is 0 Å². The number of hydrogen-bond acceptors (Lipinski definition) is 3. The summed E-state index contributed by atoms with van der Waals surface area (Å²) in [6.07, 6.45) is 0. The van der Waals surface area contributed by atoms with Crippen molar-refractivity contribution in [3.05, 3.63) is 0 Å². The van der Waals surface area contributed by atoms with Crippen LogP contribution in [0, 0.1) is 0 Å². The van der Waals surface area contributed by atoms with Crippen LogP contribution in [-0.2, 0) is 7.67 Å². The molecule has 0 aromatic heterocycles. The van der Waals surface area contributed by atoms with E-state index in [1.54, 1.807) is 0 Å². The van der Waals surface area contributed by atoms with Gasteiger partial charge in [-0.2, -0.15) is 0 Å². The average Bonchev–Trinajstić information content (AvgIpc) is 1.35. The summed E-state index contributed by atoms with van der Waals surface area (Å²) in [7, 11) is 0. The summed E-state index contributed by atoms with van der Waals surface area (Å²) >= 11 is -4.53. The Hall–Kier alpha value is 1.72. The summed E-state index contributed by atoms with van der Waals surface area (Å²) in [5.74, 6) is 0. The molecule has 0 aliphatic heterocycles. The van der Waals surface area contributed by atoms with E-state index in [0.717, 1.165) is 0 Å². The zero-order valence-electron chi connectivity index (χ0n) is 4.34. The van der Waals surface area contributed by atoms with E-state index in [2.05, 4.69) is 0 Å². The van der Waals surface area contributed by atoms with Crippen molar-refractivity contribution in [2.45, 2.75) is 12.2 Å². The van der Waals surface area contributed by atoms with Gasteiger partial charge in [-0.15, -0.1) is 0 Å². The standard InChI is InChI=1S/C2H6O3Se.K/c1-2-6(3,4)5;/h2H2,1H3,(H,3,4,5);/q;+1/p-1. The van der Waals surface area contributed by atoms with Gasteiger partial charge in [0.05, 0.1) is 0 Å². The molecule has 0 radical (unpaired) electrons. The van der Waals surface area contributed by atoms with Crippen LogP contribution in [0.3, 0.4) is 0 Å². The maximum Gasteiger partial charge on any atom is 1.00 e. The molecular weight excluding hydrogens is 190 g/mol. The molecule has 0 aliphatic carbocycles. The van der Waals surface area contributed by atoms with Crippen molar-refractivity contribution in [1.29, 1.82) is 0 Å². The topological polar surface area (TPSA) is 57.2 Å². The quantitative estimate of drug-likeness (QED) is 0.403. The van der Waals surface area contributed by atoms with E-state index in [4.69, 9.17) is 0 Å². The second kappa shape index (κ2) is 4.58. The van der Waals surface area contributed by atoms with Crippen LogP contribution < -0.4 is 55.6 Å². The van der Waals surface area contributed by atoms with E-state index in [9.17, 15) is 11.9 Å². The molecule has 0 saturated heterocycles. The molecule has 0 spiro atoms. The number of hydrogen-bond donors (Lipinski definition) is 0. The maximum atomic E-state index is 9.52. The molecule has 0 bridgehead atoms. The predicted octanol–water partition coefficient (Wildman–Crippen LogP) is -3.83. The van der Waals surface area contributed by atoms with Crippen LogP contribution >= 0.6 is 0 Å². The Kier molecular flexibility index (Phi) is 7.53. The van der Waals surface area contributed by atoms with Gasteiger partial charge in [0.1, 0.15) is 0 Å². The van der Waals surface area contributed by atoms with Crippen molar-refractivity contribution in [3.8, 4) is 0 Å². The van der Waals surface area contributed by atoms with Crippen LogP contribution in [0.15, 0.2) is 0 Å². The van der Waals surface area contributed by atoms with Gasteiger partial charge < -0.3 is 0 Å². The van der Waals surface area contributed by atoms with Gasteiger partial charge >= 0.3 is 88.5 Å². The monoisotopic (exact) mass is 196 g/mol. The molecule has 38 valence electrons. The zero-order valence-corrected chi connectivity index (χ0v) is 9.18. The molecule has 0 aliphatic rings. The molecule has 0 unspecified atom stereocenters. The summed E-state index contributed by atoms with van der Waals surface area (Å²) in [5, 5.41) is -0.240. The Balaban J connectivity index is 0. The van der Waals surface area contributed by atoms with E-state index < -0.39 is 13.0 Å². The van der Waals surface area contributed by atoms with Gasteiger partial charge in [-0.05, 0) is 0 Å². The Morgan fingerprint density at radius 1 is 1.57 bits per heavy atom. The molecule has 0 rings (SSSR count). The first kappa shape index (κ1) is 11.5. The fourth-order valence-electron chi connectivity index (χ4n) is 0. The largest absolute Gasteiger partial charge is 1.00 e. The fourth-order valence-corrected chi connectivity index (χ4v) is 0.